The Labute approximate surface area is 149 Å². The second kappa shape index (κ2) is 5.73. The van der Waals surface area contributed by atoms with Crippen LogP contribution in [0.5, 0.6) is 0 Å². The first-order chi connectivity index (χ1) is 12.0. The molecule has 25 heavy (non-hydrogen) atoms. The molecule has 0 amide bonds. The van der Waals surface area contributed by atoms with E-state index in [4.69, 9.17) is 9.72 Å². The third-order valence-corrected chi connectivity index (χ3v) is 5.12. The van der Waals surface area contributed by atoms with Crippen LogP contribution in [-0.2, 0) is 10.3 Å². The van der Waals surface area contributed by atoms with Gasteiger partial charge in [-0.3, -0.25) is 4.98 Å². The predicted molar refractivity (Wildman–Crippen MR) is 103 cm³/mol. The zero-order valence-electron chi connectivity index (χ0n) is 15.3. The molecule has 1 aliphatic heterocycles. The Bertz CT molecular complexity index is 982. The second-order valence-electron chi connectivity index (χ2n) is 7.38. The van der Waals surface area contributed by atoms with Crippen molar-refractivity contribution < 1.29 is 4.74 Å². The summed E-state index contributed by atoms with van der Waals surface area (Å²) in [5.41, 5.74) is 6.84. The van der Waals surface area contributed by atoms with Gasteiger partial charge in [0.25, 0.3) is 0 Å². The lowest BCUT2D eigenvalue weighted by molar-refractivity contribution is 0.0611. The van der Waals surface area contributed by atoms with E-state index in [0.29, 0.717) is 0 Å². The molecule has 4 rings (SSSR count). The van der Waals surface area contributed by atoms with Crippen LogP contribution in [0.1, 0.15) is 41.3 Å². The molecule has 0 unspecified atom stereocenters. The number of ether oxygens (including phenoxy) is 1. The van der Waals surface area contributed by atoms with Crippen molar-refractivity contribution in [3.8, 4) is 0 Å². The van der Waals surface area contributed by atoms with Crippen molar-refractivity contribution >= 4 is 16.3 Å². The minimum atomic E-state index is -0.334. The van der Waals surface area contributed by atoms with E-state index >= 15 is 0 Å². The molecule has 0 radical (unpaired) electrons. The van der Waals surface area contributed by atoms with Gasteiger partial charge in [-0.2, -0.15) is 0 Å². The van der Waals surface area contributed by atoms with E-state index in [9.17, 15) is 0 Å². The first kappa shape index (κ1) is 15.9. The number of aromatic nitrogens is 1. The van der Waals surface area contributed by atoms with E-state index in [1.165, 1.54) is 33.0 Å². The zero-order valence-corrected chi connectivity index (χ0v) is 15.3. The van der Waals surface area contributed by atoms with Gasteiger partial charge in [-0.15, -0.1) is 0 Å². The van der Waals surface area contributed by atoms with Gasteiger partial charge in [-0.25, -0.2) is 0 Å². The largest absolute Gasteiger partial charge is 0.490 e. The number of benzene rings is 2. The van der Waals surface area contributed by atoms with Gasteiger partial charge in [0, 0.05) is 23.6 Å². The number of hydrogen-bond acceptors (Lipinski definition) is 2. The smallest absolute Gasteiger partial charge is 0.134 e. The van der Waals surface area contributed by atoms with Crippen molar-refractivity contribution in [1.29, 1.82) is 0 Å². The molecule has 3 aromatic rings. The normalized spacial score (nSPS) is 19.8. The molecule has 0 aliphatic carbocycles. The second-order valence-corrected chi connectivity index (χ2v) is 7.38. The highest BCUT2D eigenvalue weighted by Crippen LogP contribution is 2.43. The molecule has 2 heterocycles. The maximum Gasteiger partial charge on any atom is 0.134 e. The first-order valence-electron chi connectivity index (χ1n) is 8.77. The van der Waals surface area contributed by atoms with Gasteiger partial charge >= 0.3 is 0 Å². The molecule has 0 saturated carbocycles. The topological polar surface area (TPSA) is 22.1 Å². The lowest BCUT2D eigenvalue weighted by Gasteiger charge is -2.25. The zero-order chi connectivity index (χ0) is 17.6. The number of hydrogen-bond donors (Lipinski definition) is 0. The number of aryl methyl sites for hydroxylation is 3. The highest BCUT2D eigenvalue weighted by atomic mass is 16.5. The minimum absolute atomic E-state index is 0.334. The summed E-state index contributed by atoms with van der Waals surface area (Å²) in [6.45, 7) is 8.55. The minimum Gasteiger partial charge on any atom is -0.490 e. The van der Waals surface area contributed by atoms with Gasteiger partial charge < -0.3 is 4.74 Å². The first-order valence-corrected chi connectivity index (χ1v) is 8.77. The van der Waals surface area contributed by atoms with Gasteiger partial charge in [0.15, 0.2) is 0 Å². The van der Waals surface area contributed by atoms with Crippen molar-refractivity contribution in [3.05, 3.63) is 82.9 Å². The lowest BCUT2D eigenvalue weighted by atomic mass is 9.87. The summed E-state index contributed by atoms with van der Waals surface area (Å²) >= 11 is 0. The SMILES string of the molecule is Cc1cc(C)cc([C@]2(C)CC(c3ncc(C)c4ccccc34)=CO2)c1. The van der Waals surface area contributed by atoms with E-state index in [1.54, 1.807) is 0 Å². The molecular formula is C23H23NO. The Balaban J connectivity index is 1.74. The van der Waals surface area contributed by atoms with Crippen molar-refractivity contribution in [2.24, 2.45) is 0 Å². The molecule has 2 aromatic carbocycles. The van der Waals surface area contributed by atoms with Crippen LogP contribution in [0, 0.1) is 20.8 Å². The molecule has 2 heteroatoms. The highest BCUT2D eigenvalue weighted by molar-refractivity contribution is 5.94. The van der Waals surface area contributed by atoms with Crippen LogP contribution in [0.2, 0.25) is 0 Å². The van der Waals surface area contributed by atoms with Crippen molar-refractivity contribution in [3.63, 3.8) is 0 Å². The lowest BCUT2D eigenvalue weighted by Crippen LogP contribution is -2.20. The summed E-state index contributed by atoms with van der Waals surface area (Å²) < 4.78 is 6.18. The monoisotopic (exact) mass is 329 g/mol. The molecule has 0 saturated heterocycles. The van der Waals surface area contributed by atoms with Crippen LogP contribution in [-0.4, -0.2) is 4.98 Å². The third kappa shape index (κ3) is 2.72. The molecule has 0 bridgehead atoms. The fourth-order valence-corrected chi connectivity index (χ4v) is 3.83. The average molecular weight is 329 g/mol. The Kier molecular flexibility index (Phi) is 3.64. The van der Waals surface area contributed by atoms with E-state index in [1.807, 2.05) is 12.5 Å². The quantitative estimate of drug-likeness (QED) is 0.589. The molecule has 1 atom stereocenters. The number of rotatable bonds is 2. The maximum absolute atomic E-state index is 6.18. The Morgan fingerprint density at radius 1 is 0.960 bits per heavy atom. The van der Waals surface area contributed by atoms with Gasteiger partial charge in [-0.1, -0.05) is 53.6 Å². The fraction of sp³-hybridized carbons (Fsp3) is 0.261. The number of fused-ring (bicyclic) bond motifs is 1. The molecule has 2 nitrogen and oxygen atoms in total. The molecule has 1 aromatic heterocycles. The number of pyridine rings is 1. The highest BCUT2D eigenvalue weighted by Gasteiger charge is 2.35. The van der Waals surface area contributed by atoms with E-state index in [2.05, 4.69) is 70.2 Å². The summed E-state index contributed by atoms with van der Waals surface area (Å²) in [6, 6.07) is 15.1. The van der Waals surface area contributed by atoms with E-state index < -0.39 is 0 Å². The van der Waals surface area contributed by atoms with Gasteiger partial charge in [0.2, 0.25) is 0 Å². The van der Waals surface area contributed by atoms with Crippen LogP contribution in [0.15, 0.2) is 54.9 Å². The van der Waals surface area contributed by atoms with Gasteiger partial charge in [0.1, 0.15) is 5.60 Å². The van der Waals surface area contributed by atoms with Crippen LogP contribution >= 0.6 is 0 Å². The average Bonchev–Trinajstić information content (AvgIpc) is 2.98. The van der Waals surface area contributed by atoms with Crippen LogP contribution in [0.4, 0.5) is 0 Å². The molecule has 0 spiro atoms. The summed E-state index contributed by atoms with van der Waals surface area (Å²) in [6.07, 6.45) is 4.70. The van der Waals surface area contributed by atoms with Crippen LogP contribution in [0.25, 0.3) is 16.3 Å². The van der Waals surface area contributed by atoms with Crippen LogP contribution < -0.4 is 0 Å². The van der Waals surface area contributed by atoms with Gasteiger partial charge in [-0.05, 0) is 44.2 Å². The molecule has 126 valence electrons. The fourth-order valence-electron chi connectivity index (χ4n) is 3.83. The van der Waals surface area contributed by atoms with Crippen molar-refractivity contribution in [2.75, 3.05) is 0 Å². The Hall–Kier alpha value is -2.61. The molecule has 0 fully saturated rings. The number of nitrogens with zero attached hydrogens (tertiary/aromatic N) is 1. The molecule has 0 N–H and O–H groups in total. The van der Waals surface area contributed by atoms with E-state index in [-0.39, 0.29) is 5.60 Å². The Morgan fingerprint density at radius 3 is 2.36 bits per heavy atom. The summed E-state index contributed by atoms with van der Waals surface area (Å²) in [7, 11) is 0. The third-order valence-electron chi connectivity index (χ3n) is 5.12. The molecule has 1 aliphatic rings. The maximum atomic E-state index is 6.18. The Morgan fingerprint density at radius 2 is 1.64 bits per heavy atom. The standard InChI is InChI=1S/C23H23NO/c1-15-9-16(2)11-19(10-15)23(4)12-18(14-25-23)22-21-8-6-5-7-20(21)17(3)13-24-22/h5-11,13-14H,12H2,1-4H3/t23-/m0/s1. The van der Waals surface area contributed by atoms with Crippen LogP contribution in [0.3, 0.4) is 0 Å². The molecular weight excluding hydrogens is 306 g/mol. The predicted octanol–water partition coefficient (Wildman–Crippen LogP) is 5.84. The van der Waals surface area contributed by atoms with Crippen molar-refractivity contribution in [2.45, 2.75) is 39.7 Å². The summed E-state index contributed by atoms with van der Waals surface area (Å²) in [5, 5.41) is 2.45. The van der Waals surface area contributed by atoms with Crippen molar-refractivity contribution in [1.82, 2.24) is 4.98 Å². The van der Waals surface area contributed by atoms with E-state index in [0.717, 1.165) is 17.7 Å². The van der Waals surface area contributed by atoms with Gasteiger partial charge in [0.05, 0.1) is 12.0 Å². The summed E-state index contributed by atoms with van der Waals surface area (Å²) in [5.74, 6) is 0. The summed E-state index contributed by atoms with van der Waals surface area (Å²) in [4.78, 5) is 4.73.